The highest BCUT2D eigenvalue weighted by Crippen LogP contribution is 2.25. The summed E-state index contributed by atoms with van der Waals surface area (Å²) in [5, 5.41) is 14.5. The number of hydrogen-bond donors (Lipinski definition) is 3. The number of nitrogens with one attached hydrogen (secondary N) is 2. The van der Waals surface area contributed by atoms with Gasteiger partial charge in [0.2, 0.25) is 0 Å². The number of hydrogen-bond acceptors (Lipinski definition) is 4. The molecule has 2 aliphatic rings. The number of aliphatic carboxylic acids is 1. The zero-order valence-electron chi connectivity index (χ0n) is 12.1. The lowest BCUT2D eigenvalue weighted by Gasteiger charge is -2.30. The van der Waals surface area contributed by atoms with Gasteiger partial charge < -0.3 is 15.7 Å². The maximum Gasteiger partial charge on any atom is 0.315 e. The van der Waals surface area contributed by atoms with Crippen LogP contribution in [0.4, 0.5) is 4.79 Å². The minimum Gasteiger partial charge on any atom is -0.481 e. The molecule has 1 heterocycles. The molecule has 3 unspecified atom stereocenters. The Morgan fingerprint density at radius 2 is 2.00 bits per heavy atom. The molecule has 1 saturated carbocycles. The number of carboxylic acid groups (broad SMARTS) is 1. The SMILES string of the molecule is CC1(NC(=O)NC2CCCC(C(=O)O)C2)CCS(=O)(=O)C1. The third-order valence-corrected chi connectivity index (χ3v) is 6.18. The zero-order valence-corrected chi connectivity index (χ0v) is 12.9. The van der Waals surface area contributed by atoms with Crippen molar-refractivity contribution < 1.29 is 23.1 Å². The second kappa shape index (κ2) is 5.82. The normalized spacial score (nSPS) is 35.1. The third-order valence-electron chi connectivity index (χ3n) is 4.28. The molecule has 7 nitrogen and oxygen atoms in total. The van der Waals surface area contributed by atoms with Crippen LogP contribution in [0.15, 0.2) is 0 Å². The Balaban J connectivity index is 1.86. The van der Waals surface area contributed by atoms with E-state index in [9.17, 15) is 18.0 Å². The van der Waals surface area contributed by atoms with Crippen molar-refractivity contribution in [2.24, 2.45) is 5.92 Å². The van der Waals surface area contributed by atoms with Crippen molar-refractivity contribution in [2.45, 2.75) is 50.6 Å². The smallest absolute Gasteiger partial charge is 0.315 e. The van der Waals surface area contributed by atoms with Crippen molar-refractivity contribution in [1.82, 2.24) is 10.6 Å². The second-order valence-corrected chi connectivity index (χ2v) is 8.58. The van der Waals surface area contributed by atoms with Crippen molar-refractivity contribution in [3.63, 3.8) is 0 Å². The molecule has 2 amide bonds. The quantitative estimate of drug-likeness (QED) is 0.701. The van der Waals surface area contributed by atoms with Gasteiger partial charge in [0.05, 0.1) is 23.0 Å². The van der Waals surface area contributed by atoms with Gasteiger partial charge in [-0.3, -0.25) is 4.79 Å². The predicted octanol–water partition coefficient (Wildman–Crippen LogP) is 0.506. The Morgan fingerprint density at radius 1 is 1.29 bits per heavy atom. The predicted molar refractivity (Wildman–Crippen MR) is 76.7 cm³/mol. The molecular weight excluding hydrogens is 296 g/mol. The van der Waals surface area contributed by atoms with Crippen LogP contribution in [-0.2, 0) is 14.6 Å². The van der Waals surface area contributed by atoms with Gasteiger partial charge in [0.25, 0.3) is 0 Å². The van der Waals surface area contributed by atoms with Crippen LogP contribution < -0.4 is 10.6 Å². The van der Waals surface area contributed by atoms with Crippen LogP contribution in [0, 0.1) is 5.92 Å². The summed E-state index contributed by atoms with van der Waals surface area (Å²) in [5.74, 6) is -1.19. The first-order chi connectivity index (χ1) is 9.69. The number of carbonyl (C=O) groups excluding carboxylic acids is 1. The van der Waals surface area contributed by atoms with E-state index in [1.807, 2.05) is 0 Å². The molecule has 0 radical (unpaired) electrons. The number of carboxylic acids is 1. The summed E-state index contributed by atoms with van der Waals surface area (Å²) in [6.45, 7) is 1.72. The zero-order chi connectivity index (χ0) is 15.7. The van der Waals surface area contributed by atoms with Crippen LogP contribution in [-0.4, -0.2) is 48.6 Å². The minimum atomic E-state index is -3.07. The van der Waals surface area contributed by atoms with E-state index < -0.39 is 33.3 Å². The van der Waals surface area contributed by atoms with Crippen LogP contribution in [0.25, 0.3) is 0 Å². The van der Waals surface area contributed by atoms with Crippen molar-refractivity contribution in [3.05, 3.63) is 0 Å². The summed E-state index contributed by atoms with van der Waals surface area (Å²) in [6.07, 6.45) is 3.01. The van der Waals surface area contributed by atoms with E-state index in [1.54, 1.807) is 6.92 Å². The monoisotopic (exact) mass is 318 g/mol. The molecule has 0 spiro atoms. The van der Waals surface area contributed by atoms with Crippen molar-refractivity contribution >= 4 is 21.8 Å². The lowest BCUT2D eigenvalue weighted by Crippen LogP contribution is -2.53. The summed E-state index contributed by atoms with van der Waals surface area (Å²) in [5.41, 5.74) is -0.732. The maximum atomic E-state index is 12.0. The summed E-state index contributed by atoms with van der Waals surface area (Å²) in [6, 6.07) is -0.577. The first-order valence-corrected chi connectivity index (χ1v) is 9.03. The van der Waals surface area contributed by atoms with Crippen LogP contribution in [0.1, 0.15) is 39.0 Å². The largest absolute Gasteiger partial charge is 0.481 e. The molecule has 2 fully saturated rings. The highest BCUT2D eigenvalue weighted by atomic mass is 32.2. The fourth-order valence-electron chi connectivity index (χ4n) is 3.15. The fourth-order valence-corrected chi connectivity index (χ4v) is 5.24. The molecule has 120 valence electrons. The first-order valence-electron chi connectivity index (χ1n) is 7.21. The van der Waals surface area contributed by atoms with Crippen molar-refractivity contribution in [2.75, 3.05) is 11.5 Å². The summed E-state index contributed by atoms with van der Waals surface area (Å²) >= 11 is 0. The molecule has 8 heteroatoms. The maximum absolute atomic E-state index is 12.0. The van der Waals surface area contributed by atoms with Crippen molar-refractivity contribution in [3.8, 4) is 0 Å². The van der Waals surface area contributed by atoms with Crippen LogP contribution in [0.5, 0.6) is 0 Å². The van der Waals surface area contributed by atoms with Gasteiger partial charge in [-0.05, 0) is 32.6 Å². The molecule has 1 aliphatic carbocycles. The number of sulfone groups is 1. The van der Waals surface area contributed by atoms with Gasteiger partial charge in [-0.15, -0.1) is 0 Å². The topological polar surface area (TPSA) is 113 Å². The average Bonchev–Trinajstić information content (AvgIpc) is 2.63. The Kier molecular flexibility index (Phi) is 4.46. The molecule has 2 rings (SSSR count). The van der Waals surface area contributed by atoms with E-state index in [0.29, 0.717) is 19.3 Å². The van der Waals surface area contributed by atoms with E-state index in [0.717, 1.165) is 12.8 Å². The van der Waals surface area contributed by atoms with E-state index in [1.165, 1.54) is 0 Å². The van der Waals surface area contributed by atoms with Crippen LogP contribution in [0.3, 0.4) is 0 Å². The first kappa shape index (κ1) is 16.1. The molecule has 0 aromatic heterocycles. The van der Waals surface area contributed by atoms with Gasteiger partial charge >= 0.3 is 12.0 Å². The summed E-state index contributed by atoms with van der Waals surface area (Å²) in [4.78, 5) is 23.0. The van der Waals surface area contributed by atoms with Gasteiger partial charge in [0.1, 0.15) is 0 Å². The molecule has 0 aromatic carbocycles. The number of rotatable bonds is 3. The standard InChI is InChI=1S/C13H22N2O5S/c1-13(5-6-21(19,20)8-13)15-12(18)14-10-4-2-3-9(7-10)11(16)17/h9-10H,2-8H2,1H3,(H,16,17)(H2,14,15,18). The third kappa shape index (κ3) is 4.33. The lowest BCUT2D eigenvalue weighted by atomic mass is 9.86. The van der Waals surface area contributed by atoms with E-state index in [2.05, 4.69) is 10.6 Å². The highest BCUT2D eigenvalue weighted by molar-refractivity contribution is 7.91. The molecule has 1 saturated heterocycles. The summed E-state index contributed by atoms with van der Waals surface area (Å²) in [7, 11) is -3.07. The van der Waals surface area contributed by atoms with E-state index in [4.69, 9.17) is 5.11 Å². The molecule has 1 aliphatic heterocycles. The second-order valence-electron chi connectivity index (χ2n) is 6.40. The summed E-state index contributed by atoms with van der Waals surface area (Å²) < 4.78 is 23.0. The van der Waals surface area contributed by atoms with Gasteiger partial charge in [-0.1, -0.05) is 6.42 Å². The number of urea groups is 1. The number of carbonyl (C=O) groups is 2. The lowest BCUT2D eigenvalue weighted by molar-refractivity contribution is -0.143. The molecule has 3 N–H and O–H groups in total. The molecule has 0 bridgehead atoms. The van der Waals surface area contributed by atoms with E-state index in [-0.39, 0.29) is 17.5 Å². The molecule has 0 aromatic rings. The van der Waals surface area contributed by atoms with Gasteiger partial charge in [-0.25, -0.2) is 13.2 Å². The van der Waals surface area contributed by atoms with E-state index >= 15 is 0 Å². The highest BCUT2D eigenvalue weighted by Gasteiger charge is 2.40. The Morgan fingerprint density at radius 3 is 2.57 bits per heavy atom. The Labute approximate surface area is 124 Å². The number of amides is 2. The van der Waals surface area contributed by atoms with Gasteiger partial charge in [0.15, 0.2) is 9.84 Å². The van der Waals surface area contributed by atoms with Crippen molar-refractivity contribution in [1.29, 1.82) is 0 Å². The average molecular weight is 318 g/mol. The fraction of sp³-hybridized carbons (Fsp3) is 0.846. The molecule has 21 heavy (non-hydrogen) atoms. The minimum absolute atomic E-state index is 0.0458. The van der Waals surface area contributed by atoms with Gasteiger partial charge in [0, 0.05) is 6.04 Å². The van der Waals surface area contributed by atoms with Gasteiger partial charge in [-0.2, -0.15) is 0 Å². The molecular formula is C13H22N2O5S. The Bertz CT molecular complexity index is 533. The van der Waals surface area contributed by atoms with Crippen LogP contribution in [0.2, 0.25) is 0 Å². The van der Waals surface area contributed by atoms with Crippen LogP contribution >= 0.6 is 0 Å². The Hall–Kier alpha value is -1.31. The molecule has 3 atom stereocenters.